The summed E-state index contributed by atoms with van der Waals surface area (Å²) in [7, 11) is 0. The molecule has 2 amide bonds. The molecule has 0 unspecified atom stereocenters. The van der Waals surface area contributed by atoms with Crippen molar-refractivity contribution in [1.29, 1.82) is 0 Å². The standard InChI is InChI=1S/C26H31N5O3S/c1-18-6-5-8-22(16-18)34-17-23-29-30-26(35-23)25(33)28-21-11-9-20(10-12-21)24(32)27-13-15-31-14-4-3-7-19(31)2/h5-6,8-12,16,19H,3-4,7,13-15,17H2,1-2H3,(H,27,32)(H,28,33)/t19-/m0/s1. The van der Waals surface area contributed by atoms with Crippen molar-refractivity contribution in [3.05, 3.63) is 69.7 Å². The topological polar surface area (TPSA) is 96.5 Å². The first kappa shape index (κ1) is 24.8. The summed E-state index contributed by atoms with van der Waals surface area (Å²) in [6.45, 7) is 7.07. The zero-order valence-electron chi connectivity index (χ0n) is 20.1. The Labute approximate surface area is 209 Å². The predicted molar refractivity (Wildman–Crippen MR) is 137 cm³/mol. The minimum absolute atomic E-state index is 0.116. The minimum Gasteiger partial charge on any atom is -0.486 e. The van der Waals surface area contributed by atoms with Gasteiger partial charge in [0.25, 0.3) is 11.8 Å². The monoisotopic (exact) mass is 493 g/mol. The minimum atomic E-state index is -0.350. The van der Waals surface area contributed by atoms with Gasteiger partial charge < -0.3 is 15.4 Å². The van der Waals surface area contributed by atoms with Crippen molar-refractivity contribution in [2.24, 2.45) is 0 Å². The molecular weight excluding hydrogens is 462 g/mol. The summed E-state index contributed by atoms with van der Waals surface area (Å²) in [5, 5.41) is 14.7. The number of nitrogens with zero attached hydrogens (tertiary/aromatic N) is 3. The van der Waals surface area contributed by atoms with E-state index in [2.05, 4.69) is 32.7 Å². The SMILES string of the molecule is Cc1cccc(OCc2nnc(C(=O)Nc3ccc(C(=O)NCCN4CCCC[C@@H]4C)cc3)s2)c1. The van der Waals surface area contributed by atoms with Gasteiger partial charge in [-0.15, -0.1) is 10.2 Å². The molecule has 2 aromatic carbocycles. The Hall–Kier alpha value is -3.30. The molecule has 0 aliphatic carbocycles. The number of ether oxygens (including phenoxy) is 1. The normalized spacial score (nSPS) is 16.0. The summed E-state index contributed by atoms with van der Waals surface area (Å²) in [4.78, 5) is 27.4. The van der Waals surface area contributed by atoms with E-state index < -0.39 is 0 Å². The molecule has 0 radical (unpaired) electrons. The van der Waals surface area contributed by atoms with Gasteiger partial charge in [-0.1, -0.05) is 29.9 Å². The van der Waals surface area contributed by atoms with Crippen LogP contribution in [0.3, 0.4) is 0 Å². The lowest BCUT2D eigenvalue weighted by Gasteiger charge is -2.33. The number of piperidine rings is 1. The number of nitrogens with one attached hydrogen (secondary N) is 2. The average Bonchev–Trinajstić information content (AvgIpc) is 3.34. The molecule has 1 fully saturated rings. The number of carbonyl (C=O) groups is 2. The Morgan fingerprint density at radius 1 is 1.11 bits per heavy atom. The molecule has 4 rings (SSSR count). The van der Waals surface area contributed by atoms with Gasteiger partial charge in [-0.05, 0) is 75.2 Å². The summed E-state index contributed by atoms with van der Waals surface area (Å²) in [5.74, 6) is 0.281. The molecule has 0 bridgehead atoms. The second-order valence-electron chi connectivity index (χ2n) is 8.77. The van der Waals surface area contributed by atoms with E-state index in [9.17, 15) is 9.59 Å². The van der Waals surface area contributed by atoms with Gasteiger partial charge in [-0.25, -0.2) is 0 Å². The van der Waals surface area contributed by atoms with Crippen molar-refractivity contribution in [2.45, 2.75) is 45.8 Å². The molecule has 0 saturated carbocycles. The highest BCUT2D eigenvalue weighted by Crippen LogP contribution is 2.18. The van der Waals surface area contributed by atoms with Crippen LogP contribution in [0.2, 0.25) is 0 Å². The molecule has 9 heteroatoms. The van der Waals surface area contributed by atoms with Gasteiger partial charge in [0.2, 0.25) is 5.01 Å². The number of likely N-dealkylation sites (tertiary alicyclic amines) is 1. The largest absolute Gasteiger partial charge is 0.486 e. The van der Waals surface area contributed by atoms with E-state index >= 15 is 0 Å². The van der Waals surface area contributed by atoms with Crippen molar-refractivity contribution in [2.75, 3.05) is 25.0 Å². The molecular formula is C26H31N5O3S. The summed E-state index contributed by atoms with van der Waals surface area (Å²) in [5.41, 5.74) is 2.25. The zero-order chi connectivity index (χ0) is 24.6. The smallest absolute Gasteiger partial charge is 0.286 e. The maximum atomic E-state index is 12.6. The quantitative estimate of drug-likeness (QED) is 0.462. The predicted octanol–water partition coefficient (Wildman–Crippen LogP) is 4.28. The molecule has 0 spiro atoms. The fraction of sp³-hybridized carbons (Fsp3) is 0.385. The molecule has 8 nitrogen and oxygen atoms in total. The molecule has 2 heterocycles. The van der Waals surface area contributed by atoms with Crippen LogP contribution < -0.4 is 15.4 Å². The highest BCUT2D eigenvalue weighted by molar-refractivity contribution is 7.13. The maximum Gasteiger partial charge on any atom is 0.286 e. The lowest BCUT2D eigenvalue weighted by atomic mass is 10.0. The number of carbonyl (C=O) groups excluding carboxylic acids is 2. The number of benzene rings is 2. The number of aromatic nitrogens is 2. The van der Waals surface area contributed by atoms with Crippen LogP contribution in [-0.2, 0) is 6.61 Å². The van der Waals surface area contributed by atoms with Crippen molar-refractivity contribution in [3.63, 3.8) is 0 Å². The van der Waals surface area contributed by atoms with E-state index in [1.54, 1.807) is 24.3 Å². The average molecular weight is 494 g/mol. The van der Waals surface area contributed by atoms with Gasteiger partial charge in [0.1, 0.15) is 12.4 Å². The lowest BCUT2D eigenvalue weighted by molar-refractivity contribution is 0.0938. The second-order valence-corrected chi connectivity index (χ2v) is 9.84. The first-order valence-electron chi connectivity index (χ1n) is 11.9. The van der Waals surface area contributed by atoms with Gasteiger partial charge in [0.05, 0.1) is 0 Å². The van der Waals surface area contributed by atoms with Gasteiger partial charge in [0.15, 0.2) is 5.01 Å². The molecule has 1 aromatic heterocycles. The first-order valence-corrected chi connectivity index (χ1v) is 12.7. The summed E-state index contributed by atoms with van der Waals surface area (Å²) in [6.07, 6.45) is 3.74. The van der Waals surface area contributed by atoms with Crippen molar-refractivity contribution in [3.8, 4) is 5.75 Å². The number of anilines is 1. The van der Waals surface area contributed by atoms with Crippen molar-refractivity contribution in [1.82, 2.24) is 20.4 Å². The Morgan fingerprint density at radius 2 is 1.94 bits per heavy atom. The van der Waals surface area contributed by atoms with Gasteiger partial charge in [-0.3, -0.25) is 14.5 Å². The second kappa shape index (κ2) is 11.9. The highest BCUT2D eigenvalue weighted by Gasteiger charge is 2.18. The third-order valence-electron chi connectivity index (χ3n) is 6.04. The Morgan fingerprint density at radius 3 is 2.71 bits per heavy atom. The molecule has 2 N–H and O–H groups in total. The molecule has 184 valence electrons. The van der Waals surface area contributed by atoms with Crippen LogP contribution in [0.5, 0.6) is 5.75 Å². The van der Waals surface area contributed by atoms with Crippen LogP contribution in [0.15, 0.2) is 48.5 Å². The fourth-order valence-electron chi connectivity index (χ4n) is 4.05. The fourth-order valence-corrected chi connectivity index (χ4v) is 4.70. The molecule has 1 atom stereocenters. The van der Waals surface area contributed by atoms with Crippen LogP contribution in [-0.4, -0.2) is 52.6 Å². The number of hydrogen-bond acceptors (Lipinski definition) is 7. The molecule has 35 heavy (non-hydrogen) atoms. The van der Waals surface area contributed by atoms with E-state index in [1.165, 1.54) is 30.6 Å². The molecule has 3 aromatic rings. The van der Waals surface area contributed by atoms with Gasteiger partial charge in [0, 0.05) is 30.4 Å². The van der Waals surface area contributed by atoms with E-state index in [0.29, 0.717) is 28.8 Å². The van der Waals surface area contributed by atoms with Crippen LogP contribution in [0.25, 0.3) is 0 Å². The number of amides is 2. The van der Waals surface area contributed by atoms with Crippen molar-refractivity contribution >= 4 is 28.8 Å². The van der Waals surface area contributed by atoms with Gasteiger partial charge >= 0.3 is 0 Å². The molecule has 1 saturated heterocycles. The van der Waals surface area contributed by atoms with Crippen LogP contribution >= 0.6 is 11.3 Å². The number of rotatable bonds is 9. The van der Waals surface area contributed by atoms with E-state index in [-0.39, 0.29) is 23.4 Å². The van der Waals surface area contributed by atoms with Crippen LogP contribution in [0.1, 0.15) is 56.9 Å². The number of hydrogen-bond donors (Lipinski definition) is 2. The summed E-state index contributed by atoms with van der Waals surface area (Å²) in [6, 6.07) is 15.1. The third-order valence-corrected chi connectivity index (χ3v) is 6.94. The summed E-state index contributed by atoms with van der Waals surface area (Å²) < 4.78 is 5.72. The third kappa shape index (κ3) is 7.10. The number of aryl methyl sites for hydroxylation is 1. The van der Waals surface area contributed by atoms with E-state index in [4.69, 9.17) is 4.74 Å². The highest BCUT2D eigenvalue weighted by atomic mass is 32.1. The van der Waals surface area contributed by atoms with Gasteiger partial charge in [-0.2, -0.15) is 0 Å². The molecule has 1 aliphatic rings. The maximum absolute atomic E-state index is 12.6. The first-order chi connectivity index (χ1) is 17.0. The Kier molecular flexibility index (Phi) is 8.44. The summed E-state index contributed by atoms with van der Waals surface area (Å²) >= 11 is 1.19. The van der Waals surface area contributed by atoms with Crippen LogP contribution in [0.4, 0.5) is 5.69 Å². The molecule has 1 aliphatic heterocycles. The van der Waals surface area contributed by atoms with Crippen molar-refractivity contribution < 1.29 is 14.3 Å². The van der Waals surface area contributed by atoms with E-state index in [1.807, 2.05) is 31.2 Å². The van der Waals surface area contributed by atoms with Crippen LogP contribution in [0, 0.1) is 6.92 Å². The lowest BCUT2D eigenvalue weighted by Crippen LogP contribution is -2.42. The zero-order valence-corrected chi connectivity index (χ0v) is 20.9. The Balaban J connectivity index is 1.23. The van der Waals surface area contributed by atoms with E-state index in [0.717, 1.165) is 24.4 Å². The Bertz CT molecular complexity index is 1150.